The number of hydrogen-bond acceptors (Lipinski definition) is 1. The number of rotatable bonds is 3. The third-order valence-electron chi connectivity index (χ3n) is 3.29. The number of terminal acetylenes is 1. The molecule has 0 bridgehead atoms. The molecule has 0 saturated heterocycles. The van der Waals surface area contributed by atoms with E-state index in [1.54, 1.807) is 0 Å². The molecule has 1 aromatic rings. The predicted octanol–water partition coefficient (Wildman–Crippen LogP) is 2.98. The number of hydrogen-bond donors (Lipinski definition) is 1. The Balaban J connectivity index is 2.11. The average molecular weight is 213 g/mol. The Morgan fingerprint density at radius 3 is 3.12 bits per heavy atom. The summed E-state index contributed by atoms with van der Waals surface area (Å²) >= 11 is 0. The van der Waals surface area contributed by atoms with Crippen molar-refractivity contribution >= 4 is 0 Å². The van der Waals surface area contributed by atoms with Gasteiger partial charge in [-0.15, -0.1) is 12.3 Å². The Kier molecular flexibility index (Phi) is 3.31. The van der Waals surface area contributed by atoms with Gasteiger partial charge < -0.3 is 5.32 Å². The van der Waals surface area contributed by atoms with Gasteiger partial charge in [-0.2, -0.15) is 0 Å². The zero-order valence-corrected chi connectivity index (χ0v) is 10.1. The molecule has 1 aliphatic rings. The summed E-state index contributed by atoms with van der Waals surface area (Å²) in [7, 11) is 0. The highest BCUT2D eigenvalue weighted by molar-refractivity contribution is 5.37. The van der Waals surface area contributed by atoms with Crippen molar-refractivity contribution in [2.45, 2.75) is 45.2 Å². The lowest BCUT2D eigenvalue weighted by molar-refractivity contribution is 0.458. The first-order valence-electron chi connectivity index (χ1n) is 5.99. The van der Waals surface area contributed by atoms with Crippen LogP contribution in [0.25, 0.3) is 0 Å². The van der Waals surface area contributed by atoms with Gasteiger partial charge in [-0.3, -0.25) is 0 Å². The first-order valence-corrected chi connectivity index (χ1v) is 5.99. The molecule has 2 rings (SSSR count). The van der Waals surface area contributed by atoms with E-state index in [1.807, 2.05) is 0 Å². The Morgan fingerprint density at radius 1 is 1.56 bits per heavy atom. The molecule has 0 saturated carbocycles. The predicted molar refractivity (Wildman–Crippen MR) is 68.3 cm³/mol. The third kappa shape index (κ3) is 2.28. The van der Waals surface area contributed by atoms with Crippen molar-refractivity contribution in [3.8, 4) is 12.3 Å². The lowest BCUT2D eigenvalue weighted by atomic mass is 10.0. The maximum absolute atomic E-state index is 5.33. The second-order valence-electron chi connectivity index (χ2n) is 4.77. The summed E-state index contributed by atoms with van der Waals surface area (Å²) in [5.41, 5.74) is 4.32. The van der Waals surface area contributed by atoms with Gasteiger partial charge in [0.1, 0.15) is 0 Å². The van der Waals surface area contributed by atoms with Gasteiger partial charge in [0.05, 0.1) is 0 Å². The first-order chi connectivity index (χ1) is 7.70. The molecular weight excluding hydrogens is 194 g/mol. The van der Waals surface area contributed by atoms with Crippen molar-refractivity contribution in [1.82, 2.24) is 5.32 Å². The summed E-state index contributed by atoms with van der Waals surface area (Å²) in [5.74, 6) is 2.71. The molecule has 1 aliphatic carbocycles. The summed E-state index contributed by atoms with van der Waals surface area (Å²) in [5, 5.41) is 3.62. The highest BCUT2D eigenvalue weighted by atomic mass is 14.9. The zero-order valence-electron chi connectivity index (χ0n) is 10.1. The molecule has 2 unspecified atom stereocenters. The molecule has 1 nitrogen and oxygen atoms in total. The second kappa shape index (κ2) is 4.72. The van der Waals surface area contributed by atoms with Gasteiger partial charge in [-0.25, -0.2) is 0 Å². The van der Waals surface area contributed by atoms with Crippen LogP contribution in [0.1, 0.15) is 42.5 Å². The minimum absolute atomic E-state index is 0.404. The van der Waals surface area contributed by atoms with Gasteiger partial charge in [0.15, 0.2) is 0 Å². The van der Waals surface area contributed by atoms with Gasteiger partial charge >= 0.3 is 0 Å². The zero-order chi connectivity index (χ0) is 11.5. The Morgan fingerprint density at radius 2 is 2.38 bits per heavy atom. The molecular formula is C15H19N. The molecule has 1 heteroatoms. The average Bonchev–Trinajstić information content (AvgIpc) is 2.61. The van der Waals surface area contributed by atoms with Gasteiger partial charge in [0.25, 0.3) is 0 Å². The standard InChI is InChI=1S/C15H19N/c1-4-5-12(3)16-15-9-8-13-7-6-11(2)10-14(13)15/h1,6-7,10,12,15-16H,5,8-9H2,2-3H3. The molecule has 16 heavy (non-hydrogen) atoms. The minimum atomic E-state index is 0.404. The minimum Gasteiger partial charge on any atom is -0.306 e. The van der Waals surface area contributed by atoms with Gasteiger partial charge in [0, 0.05) is 18.5 Å². The SMILES string of the molecule is C#CCC(C)NC1CCc2ccc(C)cc21. The van der Waals surface area contributed by atoms with Crippen molar-refractivity contribution in [3.63, 3.8) is 0 Å². The summed E-state index contributed by atoms with van der Waals surface area (Å²) in [4.78, 5) is 0. The van der Waals surface area contributed by atoms with E-state index < -0.39 is 0 Å². The molecule has 1 N–H and O–H groups in total. The van der Waals surface area contributed by atoms with Crippen LogP contribution < -0.4 is 5.32 Å². The fourth-order valence-electron chi connectivity index (χ4n) is 2.47. The third-order valence-corrected chi connectivity index (χ3v) is 3.29. The largest absolute Gasteiger partial charge is 0.306 e. The van der Waals surface area contributed by atoms with Crippen LogP contribution in [0.2, 0.25) is 0 Å². The van der Waals surface area contributed by atoms with Crippen molar-refractivity contribution in [2.75, 3.05) is 0 Å². The van der Waals surface area contributed by atoms with Crippen LogP contribution in [0.15, 0.2) is 18.2 Å². The van der Waals surface area contributed by atoms with Crippen molar-refractivity contribution in [1.29, 1.82) is 0 Å². The first kappa shape index (κ1) is 11.2. The van der Waals surface area contributed by atoms with Crippen LogP contribution in [0.4, 0.5) is 0 Å². The fraction of sp³-hybridized carbons (Fsp3) is 0.467. The normalized spacial score (nSPS) is 20.2. The van der Waals surface area contributed by atoms with Crippen LogP contribution >= 0.6 is 0 Å². The molecule has 0 amide bonds. The van der Waals surface area contributed by atoms with E-state index in [0.717, 1.165) is 6.42 Å². The molecule has 0 spiro atoms. The molecule has 0 heterocycles. The van der Waals surface area contributed by atoms with Crippen molar-refractivity contribution in [2.24, 2.45) is 0 Å². The summed E-state index contributed by atoms with van der Waals surface area (Å²) in [6, 6.07) is 7.67. The van der Waals surface area contributed by atoms with Crippen LogP contribution in [-0.4, -0.2) is 6.04 Å². The molecule has 0 aromatic heterocycles. The van der Waals surface area contributed by atoms with Gasteiger partial charge in [-0.1, -0.05) is 23.8 Å². The molecule has 0 aliphatic heterocycles. The second-order valence-corrected chi connectivity index (χ2v) is 4.77. The van der Waals surface area contributed by atoms with E-state index in [1.165, 1.54) is 29.5 Å². The van der Waals surface area contributed by atoms with E-state index >= 15 is 0 Å². The van der Waals surface area contributed by atoms with Crippen LogP contribution in [0, 0.1) is 19.3 Å². The van der Waals surface area contributed by atoms with E-state index in [0.29, 0.717) is 12.1 Å². The topological polar surface area (TPSA) is 12.0 Å². The quantitative estimate of drug-likeness (QED) is 0.761. The molecule has 1 aromatic carbocycles. The van der Waals surface area contributed by atoms with Crippen LogP contribution in [0.3, 0.4) is 0 Å². The van der Waals surface area contributed by atoms with Crippen LogP contribution in [-0.2, 0) is 6.42 Å². The summed E-state index contributed by atoms with van der Waals surface area (Å²) < 4.78 is 0. The highest BCUT2D eigenvalue weighted by Gasteiger charge is 2.22. The number of nitrogens with one attached hydrogen (secondary N) is 1. The van der Waals surface area contributed by atoms with E-state index in [4.69, 9.17) is 6.42 Å². The number of aryl methyl sites for hydroxylation is 2. The maximum Gasteiger partial charge on any atom is 0.0328 e. The van der Waals surface area contributed by atoms with Crippen LogP contribution in [0.5, 0.6) is 0 Å². The summed E-state index contributed by atoms with van der Waals surface area (Å²) in [6.07, 6.45) is 8.53. The molecule has 0 fully saturated rings. The Labute approximate surface area is 98.3 Å². The molecule has 0 radical (unpaired) electrons. The maximum atomic E-state index is 5.33. The summed E-state index contributed by atoms with van der Waals surface area (Å²) in [6.45, 7) is 4.31. The number of fused-ring (bicyclic) bond motifs is 1. The van der Waals surface area contributed by atoms with E-state index in [9.17, 15) is 0 Å². The Bertz CT molecular complexity index is 414. The highest BCUT2D eigenvalue weighted by Crippen LogP contribution is 2.32. The number of benzene rings is 1. The molecule has 84 valence electrons. The van der Waals surface area contributed by atoms with Crippen molar-refractivity contribution < 1.29 is 0 Å². The van der Waals surface area contributed by atoms with Gasteiger partial charge in [0.2, 0.25) is 0 Å². The van der Waals surface area contributed by atoms with Crippen molar-refractivity contribution in [3.05, 3.63) is 34.9 Å². The molecule has 2 atom stereocenters. The fourth-order valence-corrected chi connectivity index (χ4v) is 2.47. The smallest absolute Gasteiger partial charge is 0.0328 e. The lowest BCUT2D eigenvalue weighted by Gasteiger charge is -2.19. The lowest BCUT2D eigenvalue weighted by Crippen LogP contribution is -2.28. The monoisotopic (exact) mass is 213 g/mol. The van der Waals surface area contributed by atoms with Gasteiger partial charge in [-0.05, 0) is 37.8 Å². The van der Waals surface area contributed by atoms with E-state index in [2.05, 4.69) is 43.3 Å². The Hall–Kier alpha value is -1.26. The van der Waals surface area contributed by atoms with E-state index in [-0.39, 0.29) is 0 Å².